The molecule has 0 fully saturated rings. The number of fused-ring (bicyclic) bond motifs is 1. The van der Waals surface area contributed by atoms with Gasteiger partial charge in [0.05, 0.1) is 5.69 Å². The van der Waals surface area contributed by atoms with Gasteiger partial charge in [0, 0.05) is 28.8 Å². The van der Waals surface area contributed by atoms with Crippen LogP contribution in [0, 0.1) is 0 Å². The van der Waals surface area contributed by atoms with Crippen LogP contribution in [0.5, 0.6) is 0 Å². The lowest BCUT2D eigenvalue weighted by Crippen LogP contribution is -2.12. The van der Waals surface area contributed by atoms with Gasteiger partial charge in [-0.3, -0.25) is 0 Å². The molecule has 13 heavy (non-hydrogen) atoms. The van der Waals surface area contributed by atoms with Gasteiger partial charge in [-0.15, -0.1) is 11.3 Å². The molecular weight excluding hydrogens is 197 g/mol. The van der Waals surface area contributed by atoms with Crippen LogP contribution in [-0.4, -0.2) is 14.1 Å². The van der Waals surface area contributed by atoms with Crippen molar-refractivity contribution in [1.82, 2.24) is 0 Å². The highest BCUT2D eigenvalue weighted by molar-refractivity contribution is 7.46. The number of hydrogen-bond donors (Lipinski definition) is 0. The van der Waals surface area contributed by atoms with Gasteiger partial charge in [0.15, 0.2) is 0 Å². The molecule has 0 aliphatic carbocycles. The first-order chi connectivity index (χ1) is 6.20. The highest BCUT2D eigenvalue weighted by Crippen LogP contribution is 2.31. The average molecular weight is 209 g/mol. The molecule has 0 N–H and O–H groups in total. The Morgan fingerprint density at radius 2 is 1.92 bits per heavy atom. The van der Waals surface area contributed by atoms with Crippen LogP contribution in [0.2, 0.25) is 0 Å². The predicted molar refractivity (Wildman–Crippen MR) is 65.5 cm³/mol. The Balaban J connectivity index is 2.78. The van der Waals surface area contributed by atoms with E-state index in [1.54, 1.807) is 0 Å². The van der Waals surface area contributed by atoms with Crippen molar-refractivity contribution >= 4 is 41.0 Å². The highest BCUT2D eigenvalue weighted by Gasteiger charge is 2.09. The maximum absolute atomic E-state index is 2.81. The van der Waals surface area contributed by atoms with E-state index < -0.39 is 0 Å². The first-order valence-electron chi connectivity index (χ1n) is 4.14. The van der Waals surface area contributed by atoms with Crippen LogP contribution in [0.15, 0.2) is 24.3 Å². The quantitative estimate of drug-likeness (QED) is 0.652. The van der Waals surface area contributed by atoms with Crippen molar-refractivity contribution in [3.8, 4) is 0 Å². The third-order valence-corrected chi connectivity index (χ3v) is 3.66. The SMILES string of the molecule is CN(C)c1c(P)sc2ccccc12. The number of anilines is 1. The van der Waals surface area contributed by atoms with Gasteiger partial charge in [-0.2, -0.15) is 0 Å². The minimum Gasteiger partial charge on any atom is -0.376 e. The number of rotatable bonds is 1. The lowest BCUT2D eigenvalue weighted by Gasteiger charge is -2.12. The smallest absolute Gasteiger partial charge is 0.0622 e. The second-order valence-electron chi connectivity index (χ2n) is 3.21. The zero-order chi connectivity index (χ0) is 9.42. The second kappa shape index (κ2) is 3.28. The van der Waals surface area contributed by atoms with Gasteiger partial charge in [0.1, 0.15) is 0 Å². The molecule has 0 bridgehead atoms. The molecule has 1 unspecified atom stereocenters. The molecule has 1 nitrogen and oxygen atoms in total. The Labute approximate surface area is 84.6 Å². The fourth-order valence-electron chi connectivity index (χ4n) is 1.51. The van der Waals surface area contributed by atoms with E-state index in [1.165, 1.54) is 20.4 Å². The van der Waals surface area contributed by atoms with Gasteiger partial charge >= 0.3 is 0 Å². The maximum atomic E-state index is 2.81. The van der Waals surface area contributed by atoms with E-state index in [2.05, 4.69) is 52.5 Å². The Kier molecular flexibility index (Phi) is 2.27. The van der Waals surface area contributed by atoms with Crippen molar-refractivity contribution in [2.45, 2.75) is 0 Å². The third kappa shape index (κ3) is 1.45. The third-order valence-electron chi connectivity index (χ3n) is 2.04. The van der Waals surface area contributed by atoms with Crippen LogP contribution in [-0.2, 0) is 0 Å². The van der Waals surface area contributed by atoms with Gasteiger partial charge in [0.25, 0.3) is 0 Å². The summed E-state index contributed by atoms with van der Waals surface area (Å²) in [5.74, 6) is 0. The molecule has 3 heteroatoms. The standard InChI is InChI=1S/C10H12NPS/c1-11(2)9-7-5-3-4-6-8(7)13-10(9)12/h3-6H,12H2,1-2H3. The molecule has 68 valence electrons. The lowest BCUT2D eigenvalue weighted by molar-refractivity contribution is 1.15. The molecule has 0 aliphatic rings. The fraction of sp³-hybridized carbons (Fsp3) is 0.200. The molecule has 0 saturated carbocycles. The van der Waals surface area contributed by atoms with Crippen LogP contribution in [0.3, 0.4) is 0 Å². The van der Waals surface area contributed by atoms with Crippen LogP contribution < -0.4 is 9.52 Å². The van der Waals surface area contributed by atoms with E-state index in [1.807, 2.05) is 11.3 Å². The van der Waals surface area contributed by atoms with Crippen molar-refractivity contribution < 1.29 is 0 Å². The zero-order valence-corrected chi connectivity index (χ0v) is 9.71. The summed E-state index contributed by atoms with van der Waals surface area (Å²) in [6, 6.07) is 8.52. The van der Waals surface area contributed by atoms with E-state index in [9.17, 15) is 0 Å². The van der Waals surface area contributed by atoms with Crippen molar-refractivity contribution in [3.63, 3.8) is 0 Å². The Bertz CT molecular complexity index is 433. The molecule has 1 aromatic heterocycles. The molecule has 2 rings (SSSR count). The number of nitrogens with zero attached hydrogens (tertiary/aromatic N) is 1. The van der Waals surface area contributed by atoms with Crippen LogP contribution in [0.1, 0.15) is 0 Å². The molecule has 0 saturated heterocycles. The first-order valence-corrected chi connectivity index (χ1v) is 5.54. The minimum atomic E-state index is 1.31. The Morgan fingerprint density at radius 3 is 2.62 bits per heavy atom. The molecule has 1 heterocycles. The van der Waals surface area contributed by atoms with Gasteiger partial charge in [-0.05, 0) is 6.07 Å². The summed E-state index contributed by atoms with van der Waals surface area (Å²) in [6.07, 6.45) is 0. The predicted octanol–water partition coefficient (Wildman–Crippen LogP) is 2.47. The Hall–Kier alpha value is -0.590. The van der Waals surface area contributed by atoms with Crippen molar-refractivity contribution in [2.75, 3.05) is 19.0 Å². The summed E-state index contributed by atoms with van der Waals surface area (Å²) in [5.41, 5.74) is 1.32. The summed E-state index contributed by atoms with van der Waals surface area (Å²) in [7, 11) is 6.98. The molecule has 1 atom stereocenters. The van der Waals surface area contributed by atoms with Gasteiger partial charge in [0.2, 0.25) is 0 Å². The molecule has 0 aliphatic heterocycles. The van der Waals surface area contributed by atoms with E-state index in [4.69, 9.17) is 0 Å². The fourth-order valence-corrected chi connectivity index (χ4v) is 3.35. The van der Waals surface area contributed by atoms with Crippen LogP contribution in [0.25, 0.3) is 10.1 Å². The molecule has 1 aromatic carbocycles. The first kappa shape index (κ1) is 8.98. The molecule has 0 spiro atoms. The van der Waals surface area contributed by atoms with Crippen molar-refractivity contribution in [1.29, 1.82) is 0 Å². The molecule has 2 aromatic rings. The van der Waals surface area contributed by atoms with Gasteiger partial charge < -0.3 is 4.90 Å². The molecule has 0 amide bonds. The summed E-state index contributed by atoms with van der Waals surface area (Å²) in [4.78, 5) is 2.17. The second-order valence-corrected chi connectivity index (χ2v) is 5.29. The van der Waals surface area contributed by atoms with Gasteiger partial charge in [-0.25, -0.2) is 0 Å². The number of hydrogen-bond acceptors (Lipinski definition) is 2. The van der Waals surface area contributed by atoms with Gasteiger partial charge in [-0.1, -0.05) is 27.4 Å². The van der Waals surface area contributed by atoms with Crippen molar-refractivity contribution in [2.24, 2.45) is 0 Å². The monoisotopic (exact) mass is 209 g/mol. The van der Waals surface area contributed by atoms with E-state index in [0.29, 0.717) is 0 Å². The number of benzene rings is 1. The van der Waals surface area contributed by atoms with E-state index in [0.717, 1.165) is 0 Å². The maximum Gasteiger partial charge on any atom is 0.0622 e. The Morgan fingerprint density at radius 1 is 1.23 bits per heavy atom. The summed E-state index contributed by atoms with van der Waals surface area (Å²) >= 11 is 1.83. The average Bonchev–Trinajstić information content (AvgIpc) is 2.39. The summed E-state index contributed by atoms with van der Waals surface area (Å²) in [6.45, 7) is 0. The highest BCUT2D eigenvalue weighted by atomic mass is 32.1. The summed E-state index contributed by atoms with van der Waals surface area (Å²) in [5, 5.41) is 1.35. The number of thiophene rings is 1. The minimum absolute atomic E-state index is 1.31. The normalized spacial score (nSPS) is 10.7. The molecule has 0 radical (unpaired) electrons. The lowest BCUT2D eigenvalue weighted by atomic mass is 10.2. The summed E-state index contributed by atoms with van der Waals surface area (Å²) < 4.78 is 2.67. The van der Waals surface area contributed by atoms with Crippen molar-refractivity contribution in [3.05, 3.63) is 24.3 Å². The zero-order valence-electron chi connectivity index (χ0n) is 7.74. The largest absolute Gasteiger partial charge is 0.376 e. The topological polar surface area (TPSA) is 3.24 Å². The van der Waals surface area contributed by atoms with Crippen LogP contribution >= 0.6 is 20.6 Å². The van der Waals surface area contributed by atoms with Crippen LogP contribution in [0.4, 0.5) is 5.69 Å². The van der Waals surface area contributed by atoms with E-state index >= 15 is 0 Å². The van der Waals surface area contributed by atoms with E-state index in [-0.39, 0.29) is 0 Å². The molecular formula is C10H12NPS.